The first kappa shape index (κ1) is 23.1. The van der Waals surface area contributed by atoms with Gasteiger partial charge < -0.3 is 16.2 Å². The summed E-state index contributed by atoms with van der Waals surface area (Å²) in [7, 11) is 1.51. The highest BCUT2D eigenvalue weighted by Gasteiger charge is 2.17. The zero-order chi connectivity index (χ0) is 24.4. The molecule has 34 heavy (non-hydrogen) atoms. The molecule has 0 saturated heterocycles. The minimum absolute atomic E-state index is 0.0302. The first-order valence-electron chi connectivity index (χ1n) is 10.7. The number of benzene rings is 3. The monoisotopic (exact) mass is 456 g/mol. The van der Waals surface area contributed by atoms with E-state index in [0.717, 1.165) is 33.4 Å². The number of aromatic nitrogens is 2. The molecule has 0 aliphatic heterocycles. The average molecular weight is 457 g/mol. The van der Waals surface area contributed by atoms with Crippen LogP contribution in [0.25, 0.3) is 33.5 Å². The van der Waals surface area contributed by atoms with Crippen molar-refractivity contribution >= 4 is 5.91 Å². The van der Waals surface area contributed by atoms with Gasteiger partial charge in [-0.1, -0.05) is 36.4 Å². The highest BCUT2D eigenvalue weighted by Crippen LogP contribution is 2.38. The Hall–Kier alpha value is -4.10. The predicted molar refractivity (Wildman–Crippen MR) is 131 cm³/mol. The number of primary amides is 1. The van der Waals surface area contributed by atoms with E-state index in [2.05, 4.69) is 9.97 Å². The van der Waals surface area contributed by atoms with Crippen LogP contribution in [-0.4, -0.2) is 23.0 Å². The van der Waals surface area contributed by atoms with Crippen LogP contribution in [0.1, 0.15) is 27.3 Å². The van der Waals surface area contributed by atoms with Crippen LogP contribution in [0.5, 0.6) is 5.75 Å². The van der Waals surface area contributed by atoms with Crippen LogP contribution in [0.15, 0.2) is 60.8 Å². The molecule has 7 heteroatoms. The van der Waals surface area contributed by atoms with E-state index in [9.17, 15) is 9.18 Å². The van der Waals surface area contributed by atoms with Crippen molar-refractivity contribution in [2.75, 3.05) is 7.11 Å². The number of nitrogens with two attached hydrogens (primary N) is 2. The molecule has 0 aliphatic rings. The summed E-state index contributed by atoms with van der Waals surface area (Å²) in [4.78, 5) is 19.8. The molecule has 0 radical (unpaired) electrons. The minimum Gasteiger partial charge on any atom is -0.496 e. The molecule has 4 N–H and O–H groups in total. The number of rotatable bonds is 6. The molecular weight excluding hydrogens is 431 g/mol. The summed E-state index contributed by atoms with van der Waals surface area (Å²) in [5, 5.41) is 0. The lowest BCUT2D eigenvalue weighted by atomic mass is 9.88. The van der Waals surface area contributed by atoms with E-state index in [1.165, 1.54) is 19.4 Å². The van der Waals surface area contributed by atoms with E-state index >= 15 is 0 Å². The fraction of sp³-hybridized carbons (Fsp3) is 0.148. The van der Waals surface area contributed by atoms with Crippen molar-refractivity contribution in [3.05, 3.63) is 89.1 Å². The van der Waals surface area contributed by atoms with Crippen LogP contribution in [0.2, 0.25) is 0 Å². The van der Waals surface area contributed by atoms with E-state index in [1.807, 2.05) is 56.3 Å². The number of carbonyl (C=O) groups is 1. The molecule has 6 nitrogen and oxygen atoms in total. The van der Waals surface area contributed by atoms with E-state index in [1.54, 1.807) is 6.07 Å². The topological polar surface area (TPSA) is 104 Å². The number of methoxy groups -OCH3 is 1. The highest BCUT2D eigenvalue weighted by molar-refractivity contribution is 5.89. The Kier molecular flexibility index (Phi) is 6.38. The summed E-state index contributed by atoms with van der Waals surface area (Å²) in [5.74, 6) is -0.678. The first-order valence-corrected chi connectivity index (χ1v) is 10.7. The number of hydrogen-bond acceptors (Lipinski definition) is 5. The highest BCUT2D eigenvalue weighted by atomic mass is 19.1. The van der Waals surface area contributed by atoms with Gasteiger partial charge in [0.05, 0.1) is 12.8 Å². The maximum absolute atomic E-state index is 14.7. The fourth-order valence-corrected chi connectivity index (χ4v) is 4.22. The largest absolute Gasteiger partial charge is 0.496 e. The molecule has 0 fully saturated rings. The molecule has 0 atom stereocenters. The third-order valence-corrected chi connectivity index (χ3v) is 6.00. The van der Waals surface area contributed by atoms with E-state index < -0.39 is 11.7 Å². The van der Waals surface area contributed by atoms with Gasteiger partial charge in [-0.15, -0.1) is 0 Å². The molecule has 3 aromatic carbocycles. The van der Waals surface area contributed by atoms with Gasteiger partial charge >= 0.3 is 0 Å². The molecular formula is C27H25FN4O2. The maximum atomic E-state index is 14.7. The molecule has 1 aromatic heterocycles. The third kappa shape index (κ3) is 4.13. The quantitative estimate of drug-likeness (QED) is 0.434. The molecule has 0 bridgehead atoms. The van der Waals surface area contributed by atoms with Crippen molar-refractivity contribution in [1.29, 1.82) is 0 Å². The minimum atomic E-state index is -0.678. The van der Waals surface area contributed by atoms with Crippen LogP contribution in [0, 0.1) is 19.7 Å². The predicted octanol–water partition coefficient (Wildman–Crippen LogP) is 4.80. The van der Waals surface area contributed by atoms with Crippen LogP contribution in [-0.2, 0) is 6.54 Å². The lowest BCUT2D eigenvalue weighted by molar-refractivity contribution is 0.0990. The lowest BCUT2D eigenvalue weighted by Gasteiger charge is -2.17. The van der Waals surface area contributed by atoms with Crippen LogP contribution in [0.4, 0.5) is 4.39 Å². The van der Waals surface area contributed by atoms with Crippen molar-refractivity contribution in [2.45, 2.75) is 20.4 Å². The zero-order valence-electron chi connectivity index (χ0n) is 19.2. The maximum Gasteiger partial charge on any atom is 0.286 e. The molecule has 0 aliphatic carbocycles. The SMILES string of the molecule is COc1cc(-c2cccc(-c3cccc(-c4ccnc(C(N)=O)n4)c3C)c2C)cc(F)c1CN. The van der Waals surface area contributed by atoms with E-state index in [-0.39, 0.29) is 12.4 Å². The second-order valence-corrected chi connectivity index (χ2v) is 7.93. The van der Waals surface area contributed by atoms with Gasteiger partial charge in [0.15, 0.2) is 0 Å². The molecule has 0 saturated carbocycles. The zero-order valence-corrected chi connectivity index (χ0v) is 19.2. The van der Waals surface area contributed by atoms with E-state index in [4.69, 9.17) is 16.2 Å². The van der Waals surface area contributed by atoms with Crippen molar-refractivity contribution in [3.63, 3.8) is 0 Å². The third-order valence-electron chi connectivity index (χ3n) is 6.00. The number of amides is 1. The first-order chi connectivity index (χ1) is 16.3. The van der Waals surface area contributed by atoms with Crippen molar-refractivity contribution in [1.82, 2.24) is 9.97 Å². The van der Waals surface area contributed by atoms with Crippen molar-refractivity contribution in [2.24, 2.45) is 11.5 Å². The van der Waals surface area contributed by atoms with Gasteiger partial charge in [-0.05, 0) is 65.4 Å². The number of nitrogens with zero attached hydrogens (tertiary/aromatic N) is 2. The van der Waals surface area contributed by atoms with Crippen molar-refractivity contribution < 1.29 is 13.9 Å². The smallest absolute Gasteiger partial charge is 0.286 e. The summed E-state index contributed by atoms with van der Waals surface area (Å²) < 4.78 is 20.1. The Morgan fingerprint density at radius 2 is 1.59 bits per heavy atom. The van der Waals surface area contributed by atoms with Gasteiger partial charge in [0.25, 0.3) is 5.91 Å². The molecule has 172 valence electrons. The summed E-state index contributed by atoms with van der Waals surface area (Å²) in [6.07, 6.45) is 1.52. The van der Waals surface area contributed by atoms with Gasteiger partial charge in [-0.25, -0.2) is 14.4 Å². The molecule has 4 aromatic rings. The van der Waals surface area contributed by atoms with Crippen LogP contribution < -0.4 is 16.2 Å². The second kappa shape index (κ2) is 9.41. The van der Waals surface area contributed by atoms with Gasteiger partial charge in [-0.2, -0.15) is 0 Å². The van der Waals surface area contributed by atoms with E-state index in [0.29, 0.717) is 22.6 Å². The number of ether oxygens (including phenoxy) is 1. The number of carbonyl (C=O) groups excluding carboxylic acids is 1. The van der Waals surface area contributed by atoms with Gasteiger partial charge in [0, 0.05) is 23.9 Å². The fourth-order valence-electron chi connectivity index (χ4n) is 4.22. The van der Waals surface area contributed by atoms with Gasteiger partial charge in [-0.3, -0.25) is 4.79 Å². The summed E-state index contributed by atoms with van der Waals surface area (Å²) in [6, 6.07) is 16.9. The van der Waals surface area contributed by atoms with Gasteiger partial charge in [0.1, 0.15) is 11.6 Å². The van der Waals surface area contributed by atoms with Crippen LogP contribution in [0.3, 0.4) is 0 Å². The normalized spacial score (nSPS) is 10.9. The standard InChI is InChI=1S/C27H25FN4O2/c1-15-18(17-12-23(28)22(14-29)25(13-17)34-3)6-4-7-19(15)20-8-5-9-21(16(20)2)24-10-11-31-27(32-24)26(30)33/h4-13H,14,29H2,1-3H3,(H2,30,33). The summed E-state index contributed by atoms with van der Waals surface area (Å²) in [5.41, 5.74) is 18.5. The molecule has 1 amide bonds. The Balaban J connectivity index is 1.85. The van der Waals surface area contributed by atoms with Gasteiger partial charge in [0.2, 0.25) is 5.82 Å². The van der Waals surface area contributed by atoms with Crippen molar-refractivity contribution in [3.8, 4) is 39.3 Å². The number of hydrogen-bond donors (Lipinski definition) is 2. The Morgan fingerprint density at radius 3 is 2.21 bits per heavy atom. The molecule has 0 spiro atoms. The molecule has 0 unspecified atom stereocenters. The summed E-state index contributed by atoms with van der Waals surface area (Å²) in [6.45, 7) is 4.07. The summed E-state index contributed by atoms with van der Waals surface area (Å²) >= 11 is 0. The van der Waals surface area contributed by atoms with Crippen LogP contribution >= 0.6 is 0 Å². The molecule has 4 rings (SSSR count). The second-order valence-electron chi connectivity index (χ2n) is 7.93. The molecule has 1 heterocycles. The average Bonchev–Trinajstić information content (AvgIpc) is 2.84. The Labute approximate surface area is 197 Å². The Morgan fingerprint density at radius 1 is 0.971 bits per heavy atom. The Bertz CT molecular complexity index is 1400. The number of halogens is 1. The lowest BCUT2D eigenvalue weighted by Crippen LogP contribution is -2.15.